The van der Waals surface area contributed by atoms with Gasteiger partial charge in [0.05, 0.1) is 12.4 Å². The molecule has 4 heteroatoms. The lowest BCUT2D eigenvalue weighted by atomic mass is 10.0. The van der Waals surface area contributed by atoms with E-state index in [1.165, 1.54) is 5.57 Å². The van der Waals surface area contributed by atoms with E-state index in [2.05, 4.69) is 41.3 Å². The number of amides is 1. The number of imidazole rings is 1. The van der Waals surface area contributed by atoms with Crippen LogP contribution >= 0.6 is 0 Å². The molecule has 2 atom stereocenters. The molecule has 1 aliphatic heterocycles. The van der Waals surface area contributed by atoms with Gasteiger partial charge in [-0.25, -0.2) is 4.98 Å². The number of aromatic nitrogens is 2. The summed E-state index contributed by atoms with van der Waals surface area (Å²) in [7, 11) is 0. The molecule has 0 saturated carbocycles. The molecule has 110 valence electrons. The summed E-state index contributed by atoms with van der Waals surface area (Å²) in [6, 6.07) is 0.605. The van der Waals surface area contributed by atoms with Crippen LogP contribution in [0.4, 0.5) is 0 Å². The first-order valence-electron chi connectivity index (χ1n) is 7.53. The maximum Gasteiger partial charge on any atom is 0.222 e. The van der Waals surface area contributed by atoms with Crippen LogP contribution in [0.15, 0.2) is 30.4 Å². The predicted molar refractivity (Wildman–Crippen MR) is 80.3 cm³/mol. The van der Waals surface area contributed by atoms with Crippen molar-refractivity contribution in [1.82, 2.24) is 14.5 Å². The largest absolute Gasteiger partial charge is 0.340 e. The van der Waals surface area contributed by atoms with E-state index in [-0.39, 0.29) is 6.04 Å². The van der Waals surface area contributed by atoms with E-state index >= 15 is 0 Å². The van der Waals surface area contributed by atoms with Crippen LogP contribution in [0.1, 0.15) is 52.5 Å². The van der Waals surface area contributed by atoms with Gasteiger partial charge in [-0.1, -0.05) is 18.6 Å². The van der Waals surface area contributed by atoms with Crippen molar-refractivity contribution >= 4 is 5.91 Å². The molecule has 0 spiro atoms. The van der Waals surface area contributed by atoms with E-state index in [0.29, 0.717) is 11.9 Å². The van der Waals surface area contributed by atoms with Crippen LogP contribution in [0.25, 0.3) is 0 Å². The maximum atomic E-state index is 12.0. The molecule has 4 nitrogen and oxygen atoms in total. The lowest BCUT2D eigenvalue weighted by Crippen LogP contribution is -2.37. The molecule has 2 unspecified atom stereocenters. The molecule has 2 rings (SSSR count). The Morgan fingerprint density at radius 2 is 2.30 bits per heavy atom. The first-order chi connectivity index (χ1) is 9.61. The summed E-state index contributed by atoms with van der Waals surface area (Å²) in [5.41, 5.74) is 1.30. The smallest absolute Gasteiger partial charge is 0.222 e. The second kappa shape index (κ2) is 6.73. The zero-order chi connectivity index (χ0) is 14.5. The van der Waals surface area contributed by atoms with Crippen LogP contribution in [0.2, 0.25) is 0 Å². The molecule has 0 radical (unpaired) electrons. The minimum absolute atomic E-state index is 0.279. The molecule has 0 aromatic carbocycles. The highest BCUT2D eigenvalue weighted by Crippen LogP contribution is 2.25. The third kappa shape index (κ3) is 3.50. The van der Waals surface area contributed by atoms with Crippen molar-refractivity contribution in [2.75, 3.05) is 6.54 Å². The summed E-state index contributed by atoms with van der Waals surface area (Å²) >= 11 is 0. The monoisotopic (exact) mass is 275 g/mol. The molecule has 0 N–H and O–H groups in total. The molecule has 0 aliphatic carbocycles. The average molecular weight is 275 g/mol. The number of carbonyl (C=O) groups is 1. The van der Waals surface area contributed by atoms with E-state index in [9.17, 15) is 4.79 Å². The van der Waals surface area contributed by atoms with Gasteiger partial charge < -0.3 is 9.47 Å². The minimum atomic E-state index is 0.279. The van der Waals surface area contributed by atoms with Crippen LogP contribution in [-0.4, -0.2) is 32.9 Å². The van der Waals surface area contributed by atoms with Gasteiger partial charge in [-0.3, -0.25) is 4.79 Å². The Morgan fingerprint density at radius 1 is 1.50 bits per heavy atom. The van der Waals surface area contributed by atoms with Gasteiger partial charge in [-0.05, 0) is 33.1 Å². The quantitative estimate of drug-likeness (QED) is 0.748. The van der Waals surface area contributed by atoms with Crippen LogP contribution in [0, 0.1) is 0 Å². The average Bonchev–Trinajstić information content (AvgIpc) is 3.05. The number of carbonyl (C=O) groups excluding carboxylic acids is 1. The van der Waals surface area contributed by atoms with Crippen LogP contribution < -0.4 is 0 Å². The second-order valence-corrected chi connectivity index (χ2v) is 5.81. The van der Waals surface area contributed by atoms with E-state index in [4.69, 9.17) is 0 Å². The molecular formula is C16H25N3O. The van der Waals surface area contributed by atoms with Crippen molar-refractivity contribution in [3.8, 4) is 0 Å². The van der Waals surface area contributed by atoms with Crippen molar-refractivity contribution in [3.05, 3.63) is 30.4 Å². The number of allylic oxidation sites excluding steroid dienone is 2. The molecule has 20 heavy (non-hydrogen) atoms. The summed E-state index contributed by atoms with van der Waals surface area (Å²) in [4.78, 5) is 18.2. The van der Waals surface area contributed by atoms with E-state index < -0.39 is 0 Å². The van der Waals surface area contributed by atoms with Gasteiger partial charge in [0.25, 0.3) is 0 Å². The van der Waals surface area contributed by atoms with Crippen molar-refractivity contribution < 1.29 is 4.79 Å². The van der Waals surface area contributed by atoms with Crippen molar-refractivity contribution in [2.45, 2.75) is 58.5 Å². The number of rotatable bonds is 6. The van der Waals surface area contributed by atoms with Crippen LogP contribution in [-0.2, 0) is 4.79 Å². The Labute approximate surface area is 121 Å². The first kappa shape index (κ1) is 14.8. The fourth-order valence-corrected chi connectivity index (χ4v) is 2.97. The third-order valence-corrected chi connectivity index (χ3v) is 3.97. The molecule has 1 aromatic heterocycles. The summed E-state index contributed by atoms with van der Waals surface area (Å²) in [5.74, 6) is 0.318. The molecule has 1 fully saturated rings. The van der Waals surface area contributed by atoms with Gasteiger partial charge >= 0.3 is 0 Å². The van der Waals surface area contributed by atoms with Crippen LogP contribution in [0.5, 0.6) is 0 Å². The van der Waals surface area contributed by atoms with Gasteiger partial charge in [-0.15, -0.1) is 0 Å². The number of hydrogen-bond acceptors (Lipinski definition) is 2. The molecular weight excluding hydrogens is 250 g/mol. The van der Waals surface area contributed by atoms with E-state index in [0.717, 1.165) is 32.2 Å². The lowest BCUT2D eigenvalue weighted by molar-refractivity contribution is -0.129. The Hall–Kier alpha value is -1.58. The van der Waals surface area contributed by atoms with Crippen LogP contribution in [0.3, 0.4) is 0 Å². The highest BCUT2D eigenvalue weighted by molar-refractivity contribution is 5.78. The molecule has 1 saturated heterocycles. The zero-order valence-electron chi connectivity index (χ0n) is 12.7. The minimum Gasteiger partial charge on any atom is -0.340 e. The lowest BCUT2D eigenvalue weighted by Gasteiger charge is -2.30. The molecule has 0 bridgehead atoms. The molecule has 1 aromatic rings. The van der Waals surface area contributed by atoms with E-state index in [1.54, 1.807) is 0 Å². The standard InChI is InChI=1S/C16H25N3O/c1-4-14(19-8-5-6-16(19)20)11-15(10-13(2)3)18-9-7-17-12-18/h7,9-10,12,14-15H,4-6,8,11H2,1-3H3. The molecule has 1 aliphatic rings. The first-order valence-corrected chi connectivity index (χ1v) is 7.53. The predicted octanol–water partition coefficient (Wildman–Crippen LogP) is 3.18. The highest BCUT2D eigenvalue weighted by atomic mass is 16.2. The number of hydrogen-bond donors (Lipinski definition) is 0. The summed E-state index contributed by atoms with van der Waals surface area (Å²) in [6.45, 7) is 7.32. The summed E-state index contributed by atoms with van der Waals surface area (Å²) < 4.78 is 2.14. The Kier molecular flexibility index (Phi) is 4.99. The summed E-state index contributed by atoms with van der Waals surface area (Å²) in [6.07, 6.45) is 11.6. The maximum absolute atomic E-state index is 12.0. The Balaban J connectivity index is 2.13. The zero-order valence-corrected chi connectivity index (χ0v) is 12.7. The third-order valence-electron chi connectivity index (χ3n) is 3.97. The summed E-state index contributed by atoms with van der Waals surface area (Å²) in [5, 5.41) is 0. The van der Waals surface area contributed by atoms with Crippen molar-refractivity contribution in [2.24, 2.45) is 0 Å². The molecule has 2 heterocycles. The van der Waals surface area contributed by atoms with Gasteiger partial charge in [0, 0.05) is 31.4 Å². The van der Waals surface area contributed by atoms with Crippen molar-refractivity contribution in [3.63, 3.8) is 0 Å². The normalized spacial score (nSPS) is 18.1. The van der Waals surface area contributed by atoms with Gasteiger partial charge in [-0.2, -0.15) is 0 Å². The number of nitrogens with zero attached hydrogens (tertiary/aromatic N) is 3. The molecule has 1 amide bonds. The van der Waals surface area contributed by atoms with Gasteiger partial charge in [0.15, 0.2) is 0 Å². The highest BCUT2D eigenvalue weighted by Gasteiger charge is 2.28. The Bertz CT molecular complexity index is 460. The van der Waals surface area contributed by atoms with Gasteiger partial charge in [0.1, 0.15) is 0 Å². The number of likely N-dealkylation sites (tertiary alicyclic amines) is 1. The fraction of sp³-hybridized carbons (Fsp3) is 0.625. The Morgan fingerprint density at radius 3 is 2.80 bits per heavy atom. The van der Waals surface area contributed by atoms with E-state index in [1.807, 2.05) is 18.7 Å². The van der Waals surface area contributed by atoms with Crippen molar-refractivity contribution in [1.29, 1.82) is 0 Å². The van der Waals surface area contributed by atoms with Gasteiger partial charge in [0.2, 0.25) is 5.91 Å². The fourth-order valence-electron chi connectivity index (χ4n) is 2.97. The topological polar surface area (TPSA) is 38.1 Å². The SMILES string of the molecule is CCC(CC(C=C(C)C)n1ccnc1)N1CCCC1=O. The second-order valence-electron chi connectivity index (χ2n) is 5.81.